The van der Waals surface area contributed by atoms with Crippen molar-refractivity contribution >= 4 is 12.4 Å². The summed E-state index contributed by atoms with van der Waals surface area (Å²) in [7, 11) is 0. The molecule has 1 aliphatic heterocycles. The number of hydrogen-bond acceptors (Lipinski definition) is 4. The molecule has 0 amide bonds. The van der Waals surface area contributed by atoms with Gasteiger partial charge < -0.3 is 10.1 Å². The van der Waals surface area contributed by atoms with Crippen molar-refractivity contribution in [1.82, 2.24) is 24.6 Å². The van der Waals surface area contributed by atoms with Crippen molar-refractivity contribution in [2.75, 3.05) is 6.54 Å². The lowest BCUT2D eigenvalue weighted by atomic mass is 10.2. The van der Waals surface area contributed by atoms with Gasteiger partial charge in [0.1, 0.15) is 11.4 Å². The summed E-state index contributed by atoms with van der Waals surface area (Å²) in [5.41, 5.74) is 2.25. The number of nitrogens with zero attached hydrogens (tertiary/aromatic N) is 4. The third kappa shape index (κ3) is 4.25. The minimum atomic E-state index is -4.73. The van der Waals surface area contributed by atoms with Crippen LogP contribution in [0.25, 0.3) is 17.2 Å². The van der Waals surface area contributed by atoms with E-state index in [2.05, 4.69) is 20.1 Å². The maximum absolute atomic E-state index is 12.5. The van der Waals surface area contributed by atoms with Crippen molar-refractivity contribution in [3.05, 3.63) is 48.4 Å². The molecule has 144 valence electrons. The fourth-order valence-corrected chi connectivity index (χ4v) is 3.00. The van der Waals surface area contributed by atoms with Crippen molar-refractivity contribution in [1.29, 1.82) is 0 Å². The summed E-state index contributed by atoms with van der Waals surface area (Å²) in [4.78, 5) is 4.34. The summed E-state index contributed by atoms with van der Waals surface area (Å²) >= 11 is 0. The van der Waals surface area contributed by atoms with E-state index in [4.69, 9.17) is 0 Å². The average Bonchev–Trinajstić information content (AvgIpc) is 3.16. The molecule has 0 spiro atoms. The van der Waals surface area contributed by atoms with Gasteiger partial charge >= 0.3 is 6.36 Å². The summed E-state index contributed by atoms with van der Waals surface area (Å²) < 4.78 is 45.0. The van der Waals surface area contributed by atoms with Crippen molar-refractivity contribution in [2.24, 2.45) is 0 Å². The molecule has 2 aromatic heterocycles. The van der Waals surface area contributed by atoms with Gasteiger partial charge in [0.2, 0.25) is 0 Å². The first-order valence-electron chi connectivity index (χ1n) is 8.17. The van der Waals surface area contributed by atoms with E-state index in [-0.39, 0.29) is 18.2 Å². The average molecular weight is 400 g/mol. The number of benzene rings is 1. The predicted octanol–water partition coefficient (Wildman–Crippen LogP) is 3.55. The first-order valence-corrected chi connectivity index (χ1v) is 8.17. The molecule has 0 atom stereocenters. The lowest BCUT2D eigenvalue weighted by Gasteiger charge is -2.11. The van der Waals surface area contributed by atoms with Crippen LogP contribution in [-0.4, -0.2) is 32.2 Å². The van der Waals surface area contributed by atoms with E-state index in [9.17, 15) is 13.2 Å². The van der Waals surface area contributed by atoms with Gasteiger partial charge in [0.15, 0.2) is 5.82 Å². The van der Waals surface area contributed by atoms with Gasteiger partial charge in [-0.1, -0.05) is 6.07 Å². The quantitative estimate of drug-likeness (QED) is 0.731. The Morgan fingerprint density at radius 3 is 2.85 bits per heavy atom. The Bertz CT molecular complexity index is 898. The highest BCUT2D eigenvalue weighted by Gasteiger charge is 2.31. The summed E-state index contributed by atoms with van der Waals surface area (Å²) in [6, 6.07) is 7.73. The van der Waals surface area contributed by atoms with Gasteiger partial charge in [0, 0.05) is 31.5 Å². The predicted molar refractivity (Wildman–Crippen MR) is 95.0 cm³/mol. The number of halogens is 4. The highest BCUT2D eigenvalue weighted by atomic mass is 35.5. The van der Waals surface area contributed by atoms with E-state index in [0.29, 0.717) is 17.2 Å². The maximum atomic E-state index is 12.5. The molecule has 0 bridgehead atoms. The van der Waals surface area contributed by atoms with Crippen molar-refractivity contribution < 1.29 is 17.9 Å². The van der Waals surface area contributed by atoms with Crippen LogP contribution >= 0.6 is 12.4 Å². The van der Waals surface area contributed by atoms with Crippen molar-refractivity contribution in [3.8, 4) is 23.0 Å². The van der Waals surface area contributed by atoms with Crippen molar-refractivity contribution in [2.45, 2.75) is 25.9 Å². The van der Waals surface area contributed by atoms with Crippen LogP contribution < -0.4 is 10.1 Å². The monoisotopic (exact) mass is 399 g/mol. The number of nitrogens with one attached hydrogen (secondary N) is 1. The Hall–Kier alpha value is -2.52. The number of fused-ring (bicyclic) bond motifs is 1. The summed E-state index contributed by atoms with van der Waals surface area (Å²) in [6.07, 6.45) is -0.468. The molecule has 4 rings (SSSR count). The molecule has 1 aliphatic rings. The molecule has 3 aromatic rings. The van der Waals surface area contributed by atoms with E-state index in [1.54, 1.807) is 23.0 Å². The second kappa shape index (κ2) is 7.61. The van der Waals surface area contributed by atoms with Gasteiger partial charge in [-0.15, -0.1) is 25.6 Å². The Morgan fingerprint density at radius 1 is 1.19 bits per heavy atom. The van der Waals surface area contributed by atoms with E-state index in [1.807, 2.05) is 10.7 Å². The Kier molecular flexibility index (Phi) is 5.43. The zero-order valence-electron chi connectivity index (χ0n) is 14.1. The third-order valence-corrected chi connectivity index (χ3v) is 4.09. The standard InChI is InChI=1S/C17H16F3N5O.ClH/c18-17(19,20)26-14-4-1-3-12(9-14)24-8-6-22-16(24)15-10-13-11-21-5-2-7-25(13)23-15;/h1,3-4,6,8-10,21H,2,5,7,11H2;1H. The molecule has 27 heavy (non-hydrogen) atoms. The Labute approximate surface area is 159 Å². The van der Waals surface area contributed by atoms with Crippen LogP contribution in [0.15, 0.2) is 42.7 Å². The van der Waals surface area contributed by atoms with Crippen LogP contribution in [0.3, 0.4) is 0 Å². The van der Waals surface area contributed by atoms with Gasteiger partial charge in [0.25, 0.3) is 0 Å². The number of alkyl halides is 3. The molecule has 3 heterocycles. The largest absolute Gasteiger partial charge is 0.573 e. The first-order chi connectivity index (χ1) is 12.5. The molecule has 1 aromatic carbocycles. The molecule has 6 nitrogen and oxygen atoms in total. The van der Waals surface area contributed by atoms with Gasteiger partial charge in [-0.2, -0.15) is 5.10 Å². The third-order valence-electron chi connectivity index (χ3n) is 4.09. The molecule has 0 aliphatic carbocycles. The molecule has 10 heteroatoms. The lowest BCUT2D eigenvalue weighted by molar-refractivity contribution is -0.274. The van der Waals surface area contributed by atoms with Crippen molar-refractivity contribution in [3.63, 3.8) is 0 Å². The second-order valence-corrected chi connectivity index (χ2v) is 5.94. The topological polar surface area (TPSA) is 56.9 Å². The normalized spacial score (nSPS) is 14.2. The Balaban J connectivity index is 0.00000210. The molecule has 0 unspecified atom stereocenters. The van der Waals surface area contributed by atoms with E-state index in [1.165, 1.54) is 18.2 Å². The molecular formula is C17H17ClF3N5O. The zero-order valence-corrected chi connectivity index (χ0v) is 14.9. The fourth-order valence-electron chi connectivity index (χ4n) is 3.00. The fraction of sp³-hybridized carbons (Fsp3) is 0.294. The smallest absolute Gasteiger partial charge is 0.406 e. The van der Waals surface area contributed by atoms with E-state index >= 15 is 0 Å². The van der Waals surface area contributed by atoms with Crippen LogP contribution in [-0.2, 0) is 13.1 Å². The van der Waals surface area contributed by atoms with E-state index in [0.717, 1.165) is 31.7 Å². The molecule has 1 N–H and O–H groups in total. The number of aryl methyl sites for hydroxylation is 1. The van der Waals surface area contributed by atoms with Gasteiger partial charge in [-0.25, -0.2) is 4.98 Å². The summed E-state index contributed by atoms with van der Waals surface area (Å²) in [6.45, 7) is 2.49. The van der Waals surface area contributed by atoms with E-state index < -0.39 is 6.36 Å². The number of hydrogen-bond donors (Lipinski definition) is 1. The van der Waals surface area contributed by atoms with Crippen LogP contribution in [0, 0.1) is 0 Å². The number of imidazole rings is 1. The SMILES string of the molecule is Cl.FC(F)(F)Oc1cccc(-n2ccnc2-c2cc3n(n2)CCCNC3)c1. The number of rotatable bonds is 3. The number of aromatic nitrogens is 4. The van der Waals surface area contributed by atoms with Crippen LogP contribution in [0.1, 0.15) is 12.1 Å². The van der Waals surface area contributed by atoms with Gasteiger partial charge in [-0.3, -0.25) is 9.25 Å². The lowest BCUT2D eigenvalue weighted by Crippen LogP contribution is -2.17. The van der Waals surface area contributed by atoms with Crippen LogP contribution in [0.2, 0.25) is 0 Å². The molecule has 0 radical (unpaired) electrons. The minimum Gasteiger partial charge on any atom is -0.406 e. The van der Waals surface area contributed by atoms with Crippen LogP contribution in [0.4, 0.5) is 13.2 Å². The molecule has 0 saturated carbocycles. The number of ether oxygens (including phenoxy) is 1. The molecule has 0 saturated heterocycles. The first kappa shape index (κ1) is 19.2. The minimum absolute atomic E-state index is 0. The molecular weight excluding hydrogens is 383 g/mol. The van der Waals surface area contributed by atoms with Crippen LogP contribution in [0.5, 0.6) is 5.75 Å². The maximum Gasteiger partial charge on any atom is 0.573 e. The molecule has 0 fully saturated rings. The highest BCUT2D eigenvalue weighted by Crippen LogP contribution is 2.27. The summed E-state index contributed by atoms with van der Waals surface area (Å²) in [5, 5.41) is 7.93. The Morgan fingerprint density at radius 2 is 2.04 bits per heavy atom. The van der Waals surface area contributed by atoms with Gasteiger partial charge in [-0.05, 0) is 31.2 Å². The highest BCUT2D eigenvalue weighted by molar-refractivity contribution is 5.85. The second-order valence-electron chi connectivity index (χ2n) is 5.94. The zero-order chi connectivity index (χ0) is 18.1. The van der Waals surface area contributed by atoms with Gasteiger partial charge in [0.05, 0.1) is 11.4 Å². The summed E-state index contributed by atoms with van der Waals surface area (Å²) in [5.74, 6) is 0.286.